The van der Waals surface area contributed by atoms with Gasteiger partial charge in [-0.2, -0.15) is 0 Å². The van der Waals surface area contributed by atoms with E-state index in [1.807, 2.05) is 45.9 Å². The molecule has 0 bridgehead atoms. The molecule has 1 aromatic carbocycles. The largest absolute Gasteiger partial charge is 0.493 e. The molecular weight excluding hydrogens is 284 g/mol. The SMILES string of the molecule is Cc1cccc(OCC(CS(=O)(=O)Cl)C(C)C)c1C. The van der Waals surface area contributed by atoms with Crippen molar-refractivity contribution in [3.8, 4) is 5.75 Å². The molecule has 108 valence electrons. The molecule has 1 aromatic rings. The minimum atomic E-state index is -3.50. The summed E-state index contributed by atoms with van der Waals surface area (Å²) in [6, 6.07) is 5.85. The van der Waals surface area contributed by atoms with E-state index in [9.17, 15) is 8.42 Å². The molecule has 19 heavy (non-hydrogen) atoms. The predicted octanol–water partition coefficient (Wildman–Crippen LogP) is 3.52. The Balaban J connectivity index is 2.74. The Morgan fingerprint density at radius 1 is 1.26 bits per heavy atom. The molecule has 0 aliphatic carbocycles. The van der Waals surface area contributed by atoms with Crippen LogP contribution in [0.2, 0.25) is 0 Å². The van der Waals surface area contributed by atoms with E-state index < -0.39 is 9.05 Å². The maximum atomic E-state index is 11.2. The molecule has 3 nitrogen and oxygen atoms in total. The van der Waals surface area contributed by atoms with E-state index in [0.717, 1.165) is 16.9 Å². The smallest absolute Gasteiger partial charge is 0.233 e. The Morgan fingerprint density at radius 3 is 2.42 bits per heavy atom. The molecule has 5 heteroatoms. The van der Waals surface area contributed by atoms with E-state index >= 15 is 0 Å². The molecule has 0 aromatic heterocycles. The Bertz CT molecular complexity index is 523. The maximum Gasteiger partial charge on any atom is 0.233 e. The third-order valence-corrected chi connectivity index (χ3v) is 4.57. The lowest BCUT2D eigenvalue weighted by molar-refractivity contribution is 0.224. The summed E-state index contributed by atoms with van der Waals surface area (Å²) in [4.78, 5) is 0. The standard InChI is InChI=1S/C14H21ClO3S/c1-10(2)13(9-19(15,16)17)8-18-14-7-5-6-11(3)12(14)4/h5-7,10,13H,8-9H2,1-4H3. The Kier molecular flexibility index (Phi) is 5.68. The molecule has 1 atom stereocenters. The molecule has 0 saturated carbocycles. The second kappa shape index (κ2) is 6.62. The van der Waals surface area contributed by atoms with Crippen molar-refractivity contribution < 1.29 is 13.2 Å². The Morgan fingerprint density at radius 2 is 1.89 bits per heavy atom. The van der Waals surface area contributed by atoms with Gasteiger partial charge in [0.1, 0.15) is 5.75 Å². The van der Waals surface area contributed by atoms with Crippen molar-refractivity contribution in [2.24, 2.45) is 11.8 Å². The number of rotatable bonds is 6. The lowest BCUT2D eigenvalue weighted by atomic mass is 9.99. The van der Waals surface area contributed by atoms with Gasteiger partial charge in [0.2, 0.25) is 9.05 Å². The van der Waals surface area contributed by atoms with E-state index in [0.29, 0.717) is 6.61 Å². The van der Waals surface area contributed by atoms with Crippen LogP contribution in [0.3, 0.4) is 0 Å². The van der Waals surface area contributed by atoms with Gasteiger partial charge in [0.05, 0.1) is 12.4 Å². The highest BCUT2D eigenvalue weighted by molar-refractivity contribution is 8.13. The predicted molar refractivity (Wildman–Crippen MR) is 79.4 cm³/mol. The zero-order valence-electron chi connectivity index (χ0n) is 11.8. The fourth-order valence-electron chi connectivity index (χ4n) is 1.77. The van der Waals surface area contributed by atoms with Crippen molar-refractivity contribution in [1.82, 2.24) is 0 Å². The van der Waals surface area contributed by atoms with Crippen LogP contribution in [0.25, 0.3) is 0 Å². The van der Waals surface area contributed by atoms with Crippen molar-refractivity contribution >= 4 is 19.7 Å². The fraction of sp³-hybridized carbons (Fsp3) is 0.571. The van der Waals surface area contributed by atoms with E-state index in [2.05, 4.69) is 0 Å². The number of hydrogen-bond acceptors (Lipinski definition) is 3. The van der Waals surface area contributed by atoms with Crippen LogP contribution in [0, 0.1) is 25.7 Å². The van der Waals surface area contributed by atoms with Crippen molar-refractivity contribution in [2.45, 2.75) is 27.7 Å². The summed E-state index contributed by atoms with van der Waals surface area (Å²) in [6.07, 6.45) is 0. The summed E-state index contributed by atoms with van der Waals surface area (Å²) in [5.74, 6) is 0.829. The van der Waals surface area contributed by atoms with Gasteiger partial charge in [-0.05, 0) is 37.0 Å². The minimum Gasteiger partial charge on any atom is -0.493 e. The normalized spacial score (nSPS) is 13.6. The summed E-state index contributed by atoms with van der Waals surface area (Å²) in [5, 5.41) is 0. The molecule has 0 aliphatic heterocycles. The second-order valence-corrected chi connectivity index (χ2v) is 8.04. The molecule has 0 amide bonds. The van der Waals surface area contributed by atoms with Crippen molar-refractivity contribution in [3.05, 3.63) is 29.3 Å². The van der Waals surface area contributed by atoms with Gasteiger partial charge >= 0.3 is 0 Å². The maximum absolute atomic E-state index is 11.2. The lowest BCUT2D eigenvalue weighted by Crippen LogP contribution is -2.24. The zero-order chi connectivity index (χ0) is 14.6. The highest BCUT2D eigenvalue weighted by Gasteiger charge is 2.21. The Labute approximate surface area is 120 Å². The molecule has 0 aliphatic rings. The van der Waals surface area contributed by atoms with E-state index in [1.54, 1.807) is 0 Å². The van der Waals surface area contributed by atoms with Crippen LogP contribution in [0.5, 0.6) is 5.75 Å². The fourth-order valence-corrected chi connectivity index (χ4v) is 3.24. The van der Waals surface area contributed by atoms with Crippen LogP contribution < -0.4 is 4.74 Å². The third kappa shape index (κ3) is 5.41. The molecule has 0 radical (unpaired) electrons. The average molecular weight is 305 g/mol. The first-order valence-corrected chi connectivity index (χ1v) is 8.80. The van der Waals surface area contributed by atoms with Crippen molar-refractivity contribution in [1.29, 1.82) is 0 Å². The van der Waals surface area contributed by atoms with E-state index in [1.165, 1.54) is 0 Å². The van der Waals surface area contributed by atoms with Gasteiger partial charge < -0.3 is 4.74 Å². The van der Waals surface area contributed by atoms with Crippen LogP contribution >= 0.6 is 10.7 Å². The third-order valence-electron chi connectivity index (χ3n) is 3.36. The quantitative estimate of drug-likeness (QED) is 0.755. The molecule has 1 rings (SSSR count). The van der Waals surface area contributed by atoms with Crippen LogP contribution in [0.15, 0.2) is 18.2 Å². The summed E-state index contributed by atoms with van der Waals surface area (Å²) in [7, 11) is 1.83. The van der Waals surface area contributed by atoms with Gasteiger partial charge in [0.15, 0.2) is 0 Å². The second-order valence-electron chi connectivity index (χ2n) is 5.22. The van der Waals surface area contributed by atoms with Crippen molar-refractivity contribution in [2.75, 3.05) is 12.4 Å². The molecule has 0 fully saturated rings. The molecule has 1 unspecified atom stereocenters. The molecule has 0 spiro atoms. The first kappa shape index (κ1) is 16.3. The van der Waals surface area contributed by atoms with E-state index in [-0.39, 0.29) is 17.6 Å². The number of halogens is 1. The number of hydrogen-bond donors (Lipinski definition) is 0. The van der Waals surface area contributed by atoms with Gasteiger partial charge in [0, 0.05) is 16.6 Å². The lowest BCUT2D eigenvalue weighted by Gasteiger charge is -2.20. The first-order valence-electron chi connectivity index (χ1n) is 6.32. The monoisotopic (exact) mass is 304 g/mol. The summed E-state index contributed by atoms with van der Waals surface area (Å²) < 4.78 is 28.1. The number of benzene rings is 1. The van der Waals surface area contributed by atoms with Crippen molar-refractivity contribution in [3.63, 3.8) is 0 Å². The summed E-state index contributed by atoms with van der Waals surface area (Å²) >= 11 is 0. The minimum absolute atomic E-state index is 0.0584. The zero-order valence-corrected chi connectivity index (χ0v) is 13.4. The molecule has 0 heterocycles. The van der Waals surface area contributed by atoms with Crippen LogP contribution in [-0.4, -0.2) is 20.8 Å². The Hall–Kier alpha value is -0.740. The molecule has 0 saturated heterocycles. The average Bonchev–Trinajstić information content (AvgIpc) is 2.27. The van der Waals surface area contributed by atoms with E-state index in [4.69, 9.17) is 15.4 Å². The van der Waals surface area contributed by atoms with Crippen LogP contribution in [-0.2, 0) is 9.05 Å². The van der Waals surface area contributed by atoms with Crippen LogP contribution in [0.1, 0.15) is 25.0 Å². The first-order chi connectivity index (χ1) is 8.70. The van der Waals surface area contributed by atoms with Gasteiger partial charge in [-0.25, -0.2) is 8.42 Å². The van der Waals surface area contributed by atoms with Crippen LogP contribution in [0.4, 0.5) is 0 Å². The highest BCUT2D eigenvalue weighted by Crippen LogP contribution is 2.23. The topological polar surface area (TPSA) is 43.4 Å². The molecule has 0 N–H and O–H groups in total. The summed E-state index contributed by atoms with van der Waals surface area (Å²) in [5.41, 5.74) is 2.24. The number of ether oxygens (including phenoxy) is 1. The highest BCUT2D eigenvalue weighted by atomic mass is 35.7. The number of aryl methyl sites for hydroxylation is 1. The van der Waals surface area contributed by atoms with Gasteiger partial charge in [-0.3, -0.25) is 0 Å². The van der Waals surface area contributed by atoms with Gasteiger partial charge in [-0.1, -0.05) is 26.0 Å². The molecular formula is C14H21ClO3S. The summed E-state index contributed by atoms with van der Waals surface area (Å²) in [6.45, 7) is 8.31. The van der Waals surface area contributed by atoms with Gasteiger partial charge in [0.25, 0.3) is 0 Å². The van der Waals surface area contributed by atoms with Gasteiger partial charge in [-0.15, -0.1) is 0 Å².